The predicted octanol–water partition coefficient (Wildman–Crippen LogP) is 6.15. The van der Waals surface area contributed by atoms with Gasteiger partial charge in [-0.1, -0.05) is 63.2 Å². The summed E-state index contributed by atoms with van der Waals surface area (Å²) >= 11 is 0. The maximum atomic E-state index is 12.9. The molecular weight excluding hydrogens is 362 g/mol. The van der Waals surface area contributed by atoms with E-state index >= 15 is 0 Å². The Morgan fingerprint density at radius 3 is 2.45 bits per heavy atom. The van der Waals surface area contributed by atoms with Crippen LogP contribution in [-0.4, -0.2) is 11.0 Å². The van der Waals surface area contributed by atoms with E-state index < -0.39 is 0 Å². The summed E-state index contributed by atoms with van der Waals surface area (Å²) in [5.41, 5.74) is 4.10. The summed E-state index contributed by atoms with van der Waals surface area (Å²) < 4.78 is 11.1. The minimum atomic E-state index is -0.378. The zero-order valence-electron chi connectivity index (χ0n) is 16.8. The molecule has 2 aromatic carbocycles. The molecule has 0 amide bonds. The van der Waals surface area contributed by atoms with Gasteiger partial charge in [0.1, 0.15) is 12.3 Å². The number of hydrogen-bond donors (Lipinski definition) is 0. The highest BCUT2D eigenvalue weighted by Gasteiger charge is 2.17. The van der Waals surface area contributed by atoms with Gasteiger partial charge in [-0.05, 0) is 40.8 Å². The first-order valence-corrected chi connectivity index (χ1v) is 9.62. The molecule has 0 fully saturated rings. The maximum absolute atomic E-state index is 12.9. The number of rotatable bonds is 4. The molecule has 0 aliphatic rings. The summed E-state index contributed by atoms with van der Waals surface area (Å²) in [5, 5.41) is 0.760. The number of furan rings is 1. The van der Waals surface area contributed by atoms with Crippen molar-refractivity contribution >= 4 is 16.9 Å². The van der Waals surface area contributed by atoms with Crippen molar-refractivity contribution in [3.8, 4) is 11.5 Å². The van der Waals surface area contributed by atoms with Crippen LogP contribution in [0.5, 0.6) is 0 Å². The SMILES string of the molecule is CC(C)(C)c1ccc(COC(=O)c2cc(-c3ccco3)nc3ccccc23)cc1. The summed E-state index contributed by atoms with van der Waals surface area (Å²) in [6, 6.07) is 21.1. The van der Waals surface area contributed by atoms with Crippen LogP contribution in [0.2, 0.25) is 0 Å². The van der Waals surface area contributed by atoms with Gasteiger partial charge in [-0.2, -0.15) is 0 Å². The first kappa shape index (κ1) is 18.9. The largest absolute Gasteiger partial charge is 0.463 e. The number of pyridine rings is 1. The van der Waals surface area contributed by atoms with Gasteiger partial charge >= 0.3 is 5.97 Å². The van der Waals surface area contributed by atoms with Crippen LogP contribution >= 0.6 is 0 Å². The first-order chi connectivity index (χ1) is 13.9. The first-order valence-electron chi connectivity index (χ1n) is 9.62. The van der Waals surface area contributed by atoms with E-state index in [9.17, 15) is 4.79 Å². The summed E-state index contributed by atoms with van der Waals surface area (Å²) in [6.07, 6.45) is 1.59. The molecule has 4 nitrogen and oxygen atoms in total. The minimum Gasteiger partial charge on any atom is -0.463 e. The van der Waals surface area contributed by atoms with Crippen molar-refractivity contribution in [3.63, 3.8) is 0 Å². The molecule has 29 heavy (non-hydrogen) atoms. The van der Waals surface area contributed by atoms with E-state index in [1.807, 2.05) is 42.5 Å². The van der Waals surface area contributed by atoms with Crippen LogP contribution in [0, 0.1) is 0 Å². The number of aromatic nitrogens is 1. The van der Waals surface area contributed by atoms with Gasteiger partial charge in [-0.3, -0.25) is 0 Å². The molecule has 4 heteroatoms. The van der Waals surface area contributed by atoms with E-state index in [1.165, 1.54) is 5.56 Å². The number of nitrogens with zero attached hydrogens (tertiary/aromatic N) is 1. The third-order valence-corrected chi connectivity index (χ3v) is 4.90. The molecule has 146 valence electrons. The Bertz CT molecular complexity index is 1140. The zero-order chi connectivity index (χ0) is 20.4. The van der Waals surface area contributed by atoms with Crippen molar-refractivity contribution in [1.82, 2.24) is 4.98 Å². The third kappa shape index (κ3) is 4.06. The van der Waals surface area contributed by atoms with E-state index in [2.05, 4.69) is 37.9 Å². The topological polar surface area (TPSA) is 52.3 Å². The molecule has 2 aromatic heterocycles. The standard InChI is InChI=1S/C25H23NO3/c1-25(2,3)18-12-10-17(11-13-18)16-29-24(27)20-15-22(23-9-6-14-28-23)26-21-8-5-4-7-19(20)21/h4-15H,16H2,1-3H3. The van der Waals surface area contributed by atoms with Crippen molar-refractivity contribution in [1.29, 1.82) is 0 Å². The van der Waals surface area contributed by atoms with E-state index in [-0.39, 0.29) is 18.0 Å². The molecule has 0 unspecified atom stereocenters. The second-order valence-electron chi connectivity index (χ2n) is 8.07. The second kappa shape index (κ2) is 7.55. The lowest BCUT2D eigenvalue weighted by Gasteiger charge is -2.19. The van der Waals surface area contributed by atoms with E-state index in [0.717, 1.165) is 16.5 Å². The fourth-order valence-electron chi connectivity index (χ4n) is 3.22. The fourth-order valence-corrected chi connectivity index (χ4v) is 3.22. The van der Waals surface area contributed by atoms with Crippen LogP contribution in [0.15, 0.2) is 77.4 Å². The third-order valence-electron chi connectivity index (χ3n) is 4.90. The summed E-state index contributed by atoms with van der Waals surface area (Å²) in [7, 11) is 0. The summed E-state index contributed by atoms with van der Waals surface area (Å²) in [5.74, 6) is 0.235. The quantitative estimate of drug-likeness (QED) is 0.395. The van der Waals surface area contributed by atoms with Gasteiger partial charge in [-0.15, -0.1) is 0 Å². The lowest BCUT2D eigenvalue weighted by molar-refractivity contribution is 0.0475. The molecule has 0 bridgehead atoms. The molecule has 0 N–H and O–H groups in total. The molecule has 4 rings (SSSR count). The van der Waals surface area contributed by atoms with Gasteiger partial charge in [0, 0.05) is 5.39 Å². The molecule has 4 aromatic rings. The van der Waals surface area contributed by atoms with Crippen molar-refractivity contribution < 1.29 is 13.9 Å². The average molecular weight is 385 g/mol. The van der Waals surface area contributed by atoms with Crippen LogP contribution in [0.25, 0.3) is 22.4 Å². The van der Waals surface area contributed by atoms with Crippen molar-refractivity contribution in [2.24, 2.45) is 0 Å². The lowest BCUT2D eigenvalue weighted by Crippen LogP contribution is -2.11. The van der Waals surface area contributed by atoms with Crippen molar-refractivity contribution in [2.45, 2.75) is 32.8 Å². The van der Waals surface area contributed by atoms with Gasteiger partial charge in [-0.25, -0.2) is 9.78 Å². The molecule has 2 heterocycles. The Kier molecular flexibility index (Phi) is 4.93. The normalized spacial score (nSPS) is 11.6. The molecule has 0 saturated heterocycles. The maximum Gasteiger partial charge on any atom is 0.339 e. The number of ether oxygens (including phenoxy) is 1. The highest BCUT2D eigenvalue weighted by Crippen LogP contribution is 2.26. The molecule has 0 atom stereocenters. The van der Waals surface area contributed by atoms with Crippen LogP contribution in [0.1, 0.15) is 42.3 Å². The highest BCUT2D eigenvalue weighted by molar-refractivity contribution is 6.04. The number of esters is 1. The monoisotopic (exact) mass is 385 g/mol. The van der Waals surface area contributed by atoms with Gasteiger partial charge in [0.25, 0.3) is 0 Å². The molecule has 0 saturated carbocycles. The smallest absolute Gasteiger partial charge is 0.339 e. The van der Waals surface area contributed by atoms with Crippen molar-refractivity contribution in [2.75, 3.05) is 0 Å². The number of para-hydroxylation sites is 1. The van der Waals surface area contributed by atoms with Crippen LogP contribution in [-0.2, 0) is 16.8 Å². The van der Waals surface area contributed by atoms with E-state index in [0.29, 0.717) is 17.0 Å². The predicted molar refractivity (Wildman–Crippen MR) is 114 cm³/mol. The lowest BCUT2D eigenvalue weighted by atomic mass is 9.87. The Hall–Kier alpha value is -3.40. The number of hydrogen-bond acceptors (Lipinski definition) is 4. The van der Waals surface area contributed by atoms with Gasteiger partial charge < -0.3 is 9.15 Å². The average Bonchev–Trinajstić information content (AvgIpc) is 3.26. The molecule has 0 radical (unpaired) electrons. The van der Waals surface area contributed by atoms with Crippen LogP contribution in [0.4, 0.5) is 0 Å². The van der Waals surface area contributed by atoms with E-state index in [4.69, 9.17) is 9.15 Å². The summed E-state index contributed by atoms with van der Waals surface area (Å²) in [6.45, 7) is 6.74. The zero-order valence-corrected chi connectivity index (χ0v) is 16.8. The Labute approximate surface area is 170 Å². The minimum absolute atomic E-state index is 0.0907. The number of fused-ring (bicyclic) bond motifs is 1. The Morgan fingerprint density at radius 2 is 1.76 bits per heavy atom. The Morgan fingerprint density at radius 1 is 1.00 bits per heavy atom. The molecule has 0 aliphatic carbocycles. The number of carbonyl (C=O) groups is 1. The molecular formula is C25H23NO3. The van der Waals surface area contributed by atoms with Crippen LogP contribution < -0.4 is 0 Å². The van der Waals surface area contributed by atoms with E-state index in [1.54, 1.807) is 18.4 Å². The van der Waals surface area contributed by atoms with Crippen molar-refractivity contribution in [3.05, 3.63) is 89.7 Å². The molecule has 0 spiro atoms. The Balaban J connectivity index is 1.60. The van der Waals surface area contributed by atoms with Crippen LogP contribution in [0.3, 0.4) is 0 Å². The fraction of sp³-hybridized carbons (Fsp3) is 0.200. The molecule has 0 aliphatic heterocycles. The summed E-state index contributed by atoms with van der Waals surface area (Å²) in [4.78, 5) is 17.5. The van der Waals surface area contributed by atoms with Gasteiger partial charge in [0.15, 0.2) is 5.76 Å². The second-order valence-corrected chi connectivity index (χ2v) is 8.07. The highest BCUT2D eigenvalue weighted by atomic mass is 16.5. The number of benzene rings is 2. The number of carbonyl (C=O) groups excluding carboxylic acids is 1. The van der Waals surface area contributed by atoms with Gasteiger partial charge in [0.2, 0.25) is 0 Å². The van der Waals surface area contributed by atoms with Gasteiger partial charge in [0.05, 0.1) is 17.3 Å².